The lowest BCUT2D eigenvalue weighted by Crippen LogP contribution is -2.35. The van der Waals surface area contributed by atoms with Gasteiger partial charge in [0.05, 0.1) is 13.2 Å². The predicted molar refractivity (Wildman–Crippen MR) is 111 cm³/mol. The highest BCUT2D eigenvalue weighted by Gasteiger charge is 2.30. The Hall–Kier alpha value is -2.58. The lowest BCUT2D eigenvalue weighted by Gasteiger charge is -2.25. The molecule has 0 radical (unpaired) electrons. The Labute approximate surface area is 167 Å². The molecule has 0 amide bonds. The van der Waals surface area contributed by atoms with Crippen LogP contribution in [0, 0.1) is 4.77 Å². The van der Waals surface area contributed by atoms with Gasteiger partial charge >= 0.3 is 0 Å². The quantitative estimate of drug-likeness (QED) is 0.494. The lowest BCUT2D eigenvalue weighted by molar-refractivity contribution is 0.382. The Bertz CT molecular complexity index is 1140. The molecule has 0 fully saturated rings. The van der Waals surface area contributed by atoms with E-state index in [2.05, 4.69) is 22.2 Å². The number of ether oxygens (including phenoxy) is 1. The van der Waals surface area contributed by atoms with Gasteiger partial charge in [0, 0.05) is 29.7 Å². The molecule has 3 heterocycles. The summed E-state index contributed by atoms with van der Waals surface area (Å²) in [7, 11) is 1.65. The van der Waals surface area contributed by atoms with Gasteiger partial charge in [-0.1, -0.05) is 13.3 Å². The molecule has 3 aromatic rings. The SMILES string of the molecule is CCCCn1c(O)c(C2NCCc3c2[nH]c2ccc(OC)cc32)c(=O)[nH]c1=S. The Morgan fingerprint density at radius 2 is 2.18 bits per heavy atom. The average molecular weight is 401 g/mol. The molecular weight excluding hydrogens is 376 g/mol. The third-order valence-electron chi connectivity index (χ3n) is 5.39. The van der Waals surface area contributed by atoms with Crippen molar-refractivity contribution < 1.29 is 9.84 Å². The molecule has 7 nitrogen and oxygen atoms in total. The standard InChI is InChI=1S/C20H24N4O3S/c1-3-4-9-24-19(26)15(18(25)23-20(24)28)17-16-12(7-8-21-17)13-10-11(27-2)5-6-14(13)22-16/h5-6,10,17,21-22,26H,3-4,7-9H2,1-2H3,(H,23,25,28). The van der Waals surface area contributed by atoms with Crippen LogP contribution in [0.4, 0.5) is 0 Å². The van der Waals surface area contributed by atoms with Crippen molar-refractivity contribution in [1.29, 1.82) is 0 Å². The third-order valence-corrected chi connectivity index (χ3v) is 5.71. The van der Waals surface area contributed by atoms with Gasteiger partial charge in [-0.15, -0.1) is 0 Å². The highest BCUT2D eigenvalue weighted by atomic mass is 32.1. The number of benzene rings is 1. The molecule has 148 valence electrons. The zero-order valence-electron chi connectivity index (χ0n) is 16.0. The van der Waals surface area contributed by atoms with Gasteiger partial charge in [-0.05, 0) is 48.8 Å². The van der Waals surface area contributed by atoms with E-state index in [0.29, 0.717) is 18.7 Å². The van der Waals surface area contributed by atoms with Gasteiger partial charge < -0.3 is 20.1 Å². The van der Waals surface area contributed by atoms with Crippen molar-refractivity contribution in [3.8, 4) is 11.6 Å². The van der Waals surface area contributed by atoms with Crippen LogP contribution in [0.5, 0.6) is 11.6 Å². The molecule has 0 spiro atoms. The van der Waals surface area contributed by atoms with Gasteiger partial charge in [-0.25, -0.2) is 0 Å². The number of rotatable bonds is 5. The summed E-state index contributed by atoms with van der Waals surface area (Å²) in [5.74, 6) is 0.724. The minimum Gasteiger partial charge on any atom is -0.497 e. The maximum absolute atomic E-state index is 12.7. The highest BCUT2D eigenvalue weighted by Crippen LogP contribution is 2.36. The van der Waals surface area contributed by atoms with Gasteiger partial charge in [0.15, 0.2) is 4.77 Å². The van der Waals surface area contributed by atoms with Gasteiger partial charge in [-0.2, -0.15) is 0 Å². The summed E-state index contributed by atoms with van der Waals surface area (Å²) in [6.45, 7) is 3.33. The zero-order valence-corrected chi connectivity index (χ0v) is 16.8. The van der Waals surface area contributed by atoms with Crippen LogP contribution >= 0.6 is 12.2 Å². The predicted octanol–water partition coefficient (Wildman–Crippen LogP) is 3.14. The van der Waals surface area contributed by atoms with Crippen LogP contribution < -0.4 is 15.6 Å². The molecule has 8 heteroatoms. The maximum Gasteiger partial charge on any atom is 0.260 e. The zero-order chi connectivity index (χ0) is 19.8. The second kappa shape index (κ2) is 7.44. The lowest BCUT2D eigenvalue weighted by atomic mass is 9.95. The van der Waals surface area contributed by atoms with Crippen LogP contribution in [0.15, 0.2) is 23.0 Å². The summed E-state index contributed by atoms with van der Waals surface area (Å²) >= 11 is 5.26. The first-order valence-electron chi connectivity index (χ1n) is 9.53. The summed E-state index contributed by atoms with van der Waals surface area (Å²) in [4.78, 5) is 18.9. The van der Waals surface area contributed by atoms with Crippen molar-refractivity contribution in [3.05, 3.63) is 50.1 Å². The van der Waals surface area contributed by atoms with Gasteiger partial charge in [-0.3, -0.25) is 14.3 Å². The molecule has 28 heavy (non-hydrogen) atoms. The van der Waals surface area contributed by atoms with Crippen molar-refractivity contribution in [1.82, 2.24) is 19.9 Å². The van der Waals surface area contributed by atoms with Crippen molar-refractivity contribution in [2.45, 2.75) is 38.8 Å². The van der Waals surface area contributed by atoms with E-state index in [1.807, 2.05) is 18.2 Å². The summed E-state index contributed by atoms with van der Waals surface area (Å²) in [6.07, 6.45) is 2.65. The van der Waals surface area contributed by atoms with E-state index >= 15 is 0 Å². The first-order chi connectivity index (χ1) is 13.5. The molecule has 0 saturated heterocycles. The second-order valence-corrected chi connectivity index (χ2v) is 7.45. The normalized spacial score (nSPS) is 16.3. The van der Waals surface area contributed by atoms with E-state index in [-0.39, 0.29) is 16.2 Å². The molecule has 0 saturated carbocycles. The molecule has 4 rings (SSSR count). The first kappa shape index (κ1) is 18.8. The molecule has 4 N–H and O–H groups in total. The van der Waals surface area contributed by atoms with E-state index in [1.54, 1.807) is 11.7 Å². The fourth-order valence-corrected chi connectivity index (χ4v) is 4.21. The Balaban J connectivity index is 1.89. The van der Waals surface area contributed by atoms with Crippen molar-refractivity contribution in [2.75, 3.05) is 13.7 Å². The molecule has 2 aromatic heterocycles. The number of methoxy groups -OCH3 is 1. The van der Waals surface area contributed by atoms with Crippen LogP contribution in [0.25, 0.3) is 10.9 Å². The molecule has 1 aliphatic rings. The van der Waals surface area contributed by atoms with Crippen LogP contribution in [0.3, 0.4) is 0 Å². The largest absolute Gasteiger partial charge is 0.497 e. The fourth-order valence-electron chi connectivity index (χ4n) is 3.94. The van der Waals surface area contributed by atoms with E-state index in [4.69, 9.17) is 17.0 Å². The third kappa shape index (κ3) is 3.02. The number of hydrogen-bond acceptors (Lipinski definition) is 5. The maximum atomic E-state index is 12.7. The summed E-state index contributed by atoms with van der Waals surface area (Å²) < 4.78 is 7.22. The minimum absolute atomic E-state index is 0.0659. The van der Waals surface area contributed by atoms with Crippen LogP contribution in [0.1, 0.15) is 42.6 Å². The Kier molecular flexibility index (Phi) is 4.99. The Morgan fingerprint density at radius 3 is 2.93 bits per heavy atom. The van der Waals surface area contributed by atoms with E-state index in [9.17, 15) is 9.90 Å². The number of aromatic amines is 2. The second-order valence-electron chi connectivity index (χ2n) is 7.07. The van der Waals surface area contributed by atoms with Crippen molar-refractivity contribution in [2.24, 2.45) is 0 Å². The number of unbranched alkanes of at least 4 members (excludes halogenated alkanes) is 1. The monoisotopic (exact) mass is 400 g/mol. The number of nitrogens with zero attached hydrogens (tertiary/aromatic N) is 1. The van der Waals surface area contributed by atoms with Crippen LogP contribution in [0.2, 0.25) is 0 Å². The summed E-state index contributed by atoms with van der Waals surface area (Å²) in [5.41, 5.74) is 2.95. The van der Waals surface area contributed by atoms with Crippen LogP contribution in [-0.2, 0) is 13.0 Å². The molecule has 1 aromatic carbocycles. The molecule has 1 unspecified atom stereocenters. The highest BCUT2D eigenvalue weighted by molar-refractivity contribution is 7.71. The van der Waals surface area contributed by atoms with Crippen molar-refractivity contribution in [3.63, 3.8) is 0 Å². The smallest absolute Gasteiger partial charge is 0.260 e. The van der Waals surface area contributed by atoms with Gasteiger partial charge in [0.1, 0.15) is 11.3 Å². The molecule has 1 aliphatic heterocycles. The van der Waals surface area contributed by atoms with E-state index < -0.39 is 6.04 Å². The number of aromatic nitrogens is 3. The van der Waals surface area contributed by atoms with Gasteiger partial charge in [0.25, 0.3) is 5.56 Å². The number of H-pyrrole nitrogens is 2. The summed E-state index contributed by atoms with van der Waals surface area (Å²) in [6, 6.07) is 5.45. The topological polar surface area (TPSA) is 95.1 Å². The van der Waals surface area contributed by atoms with Crippen molar-refractivity contribution >= 4 is 23.1 Å². The number of nitrogens with one attached hydrogen (secondary N) is 3. The number of hydrogen-bond donors (Lipinski definition) is 4. The fraction of sp³-hybridized carbons (Fsp3) is 0.400. The van der Waals surface area contributed by atoms with E-state index in [0.717, 1.165) is 47.2 Å². The Morgan fingerprint density at radius 1 is 1.36 bits per heavy atom. The number of fused-ring (bicyclic) bond motifs is 3. The molecule has 0 bridgehead atoms. The minimum atomic E-state index is -0.436. The van der Waals surface area contributed by atoms with Gasteiger partial charge in [0.2, 0.25) is 5.88 Å². The summed E-state index contributed by atoms with van der Waals surface area (Å²) in [5, 5.41) is 15.4. The molecule has 1 atom stereocenters. The first-order valence-corrected chi connectivity index (χ1v) is 9.93. The molecule has 0 aliphatic carbocycles. The molecular formula is C20H24N4O3S. The van der Waals surface area contributed by atoms with E-state index in [1.165, 1.54) is 0 Å². The average Bonchev–Trinajstić information content (AvgIpc) is 3.06. The number of aromatic hydroxyl groups is 1. The van der Waals surface area contributed by atoms with Crippen LogP contribution in [-0.4, -0.2) is 33.3 Å².